The summed E-state index contributed by atoms with van der Waals surface area (Å²) in [4.78, 5) is 2.27. The Kier molecular flexibility index (Phi) is 7.16. The molecule has 0 spiro atoms. The number of likely N-dealkylation sites (N-methyl/N-ethyl adjacent to an activating group) is 1. The first kappa shape index (κ1) is 16.8. The summed E-state index contributed by atoms with van der Waals surface area (Å²) in [7, 11) is 4.26. The Hall–Kier alpha value is -0.280. The van der Waals surface area contributed by atoms with Crippen molar-refractivity contribution in [2.75, 3.05) is 20.6 Å². The summed E-state index contributed by atoms with van der Waals surface area (Å²) >= 11 is 12.0. The van der Waals surface area contributed by atoms with Crippen LogP contribution in [-0.2, 0) is 6.54 Å². The second-order valence-electron chi connectivity index (χ2n) is 5.61. The monoisotopic (exact) mass is 302 g/mol. The van der Waals surface area contributed by atoms with Gasteiger partial charge in [-0.15, -0.1) is 0 Å². The first-order valence-electron chi connectivity index (χ1n) is 6.71. The molecule has 1 N–H and O–H groups in total. The number of hydrogen-bond acceptors (Lipinski definition) is 2. The van der Waals surface area contributed by atoms with Crippen molar-refractivity contribution in [3.8, 4) is 0 Å². The van der Waals surface area contributed by atoms with Crippen LogP contribution >= 0.6 is 23.2 Å². The quantitative estimate of drug-likeness (QED) is 0.817. The molecule has 1 atom stereocenters. The fourth-order valence-corrected chi connectivity index (χ4v) is 2.53. The van der Waals surface area contributed by atoms with E-state index < -0.39 is 0 Å². The van der Waals surface area contributed by atoms with Crippen molar-refractivity contribution in [3.63, 3.8) is 0 Å². The summed E-state index contributed by atoms with van der Waals surface area (Å²) in [5.41, 5.74) is 1.09. The summed E-state index contributed by atoms with van der Waals surface area (Å²) in [6, 6.07) is 6.19. The number of nitrogens with zero attached hydrogens (tertiary/aromatic N) is 1. The third-order valence-corrected chi connectivity index (χ3v) is 3.77. The van der Waals surface area contributed by atoms with Gasteiger partial charge < -0.3 is 10.2 Å². The summed E-state index contributed by atoms with van der Waals surface area (Å²) in [5, 5.41) is 4.89. The Balaban J connectivity index is 2.47. The molecule has 0 aliphatic heterocycles. The molecule has 0 aliphatic rings. The Morgan fingerprint density at radius 2 is 1.89 bits per heavy atom. The summed E-state index contributed by atoms with van der Waals surface area (Å²) < 4.78 is 0. The lowest BCUT2D eigenvalue weighted by atomic mass is 10.0. The minimum atomic E-state index is 0.547. The first-order valence-corrected chi connectivity index (χ1v) is 7.46. The van der Waals surface area contributed by atoms with Crippen LogP contribution in [0.1, 0.15) is 25.8 Å². The van der Waals surface area contributed by atoms with E-state index in [0.29, 0.717) is 17.0 Å². The van der Waals surface area contributed by atoms with Gasteiger partial charge in [0.25, 0.3) is 0 Å². The van der Waals surface area contributed by atoms with E-state index in [0.717, 1.165) is 23.7 Å². The molecular weight excluding hydrogens is 279 g/mol. The third-order valence-electron chi connectivity index (χ3n) is 3.18. The highest BCUT2D eigenvalue weighted by Gasteiger charge is 2.13. The van der Waals surface area contributed by atoms with Crippen LogP contribution in [0.15, 0.2) is 18.2 Å². The van der Waals surface area contributed by atoms with Gasteiger partial charge >= 0.3 is 0 Å². The molecule has 0 fully saturated rings. The molecule has 0 aromatic heterocycles. The predicted octanol–water partition coefficient (Wildman–Crippen LogP) is 4.06. The number of benzene rings is 1. The zero-order chi connectivity index (χ0) is 14.4. The van der Waals surface area contributed by atoms with Crippen molar-refractivity contribution in [3.05, 3.63) is 33.8 Å². The van der Waals surface area contributed by atoms with Crippen LogP contribution in [0.4, 0.5) is 0 Å². The average molecular weight is 303 g/mol. The Labute approximate surface area is 127 Å². The van der Waals surface area contributed by atoms with Crippen LogP contribution in [0.25, 0.3) is 0 Å². The van der Waals surface area contributed by atoms with E-state index in [4.69, 9.17) is 23.2 Å². The van der Waals surface area contributed by atoms with Gasteiger partial charge in [0, 0.05) is 29.2 Å². The molecule has 0 bridgehead atoms. The van der Waals surface area contributed by atoms with E-state index in [9.17, 15) is 0 Å². The topological polar surface area (TPSA) is 15.3 Å². The van der Waals surface area contributed by atoms with Gasteiger partial charge in [-0.3, -0.25) is 0 Å². The highest BCUT2D eigenvalue weighted by Crippen LogP contribution is 2.20. The highest BCUT2D eigenvalue weighted by atomic mass is 35.5. The molecule has 0 saturated carbocycles. The Bertz CT molecular complexity index is 392. The zero-order valence-electron chi connectivity index (χ0n) is 12.2. The van der Waals surface area contributed by atoms with Crippen molar-refractivity contribution in [1.82, 2.24) is 10.2 Å². The van der Waals surface area contributed by atoms with Gasteiger partial charge in [0.15, 0.2) is 0 Å². The van der Waals surface area contributed by atoms with Crippen molar-refractivity contribution < 1.29 is 0 Å². The predicted molar refractivity (Wildman–Crippen MR) is 85.1 cm³/mol. The number of nitrogens with one attached hydrogen (secondary N) is 1. The number of halogens is 2. The lowest BCUT2D eigenvalue weighted by Crippen LogP contribution is -2.38. The molecule has 0 aliphatic carbocycles. The normalized spacial score (nSPS) is 13.3. The van der Waals surface area contributed by atoms with Gasteiger partial charge in [0.05, 0.1) is 0 Å². The van der Waals surface area contributed by atoms with Crippen LogP contribution < -0.4 is 5.32 Å². The molecule has 1 rings (SSSR count). The van der Waals surface area contributed by atoms with Gasteiger partial charge in [-0.1, -0.05) is 43.1 Å². The van der Waals surface area contributed by atoms with Gasteiger partial charge in [-0.05, 0) is 44.1 Å². The van der Waals surface area contributed by atoms with Crippen LogP contribution in [0.2, 0.25) is 10.0 Å². The molecular formula is C15H24Cl2N2. The van der Waals surface area contributed by atoms with Crippen molar-refractivity contribution in [1.29, 1.82) is 0 Å². The second kappa shape index (κ2) is 8.11. The third kappa shape index (κ3) is 6.13. The standard InChI is InChI=1S/C15H24Cl2N2/c1-11(2)7-14(19(3)4)10-18-9-12-5-6-13(16)8-15(12)17/h5-6,8,11,14,18H,7,9-10H2,1-4H3. The van der Waals surface area contributed by atoms with E-state index in [1.54, 1.807) is 6.07 Å². The SMILES string of the molecule is CC(C)CC(CNCc1ccc(Cl)cc1Cl)N(C)C. The minimum absolute atomic E-state index is 0.547. The maximum absolute atomic E-state index is 6.16. The van der Waals surface area contributed by atoms with E-state index in [2.05, 4.69) is 38.2 Å². The maximum atomic E-state index is 6.16. The van der Waals surface area contributed by atoms with Gasteiger partial charge in [-0.25, -0.2) is 0 Å². The molecule has 1 aromatic rings. The van der Waals surface area contributed by atoms with Gasteiger partial charge in [0.2, 0.25) is 0 Å². The average Bonchev–Trinajstić information content (AvgIpc) is 2.29. The number of rotatable bonds is 7. The largest absolute Gasteiger partial charge is 0.311 e. The molecule has 108 valence electrons. The Morgan fingerprint density at radius 3 is 2.42 bits per heavy atom. The molecule has 4 heteroatoms. The van der Waals surface area contributed by atoms with Crippen molar-refractivity contribution >= 4 is 23.2 Å². The van der Waals surface area contributed by atoms with Crippen molar-refractivity contribution in [2.45, 2.75) is 32.9 Å². The Morgan fingerprint density at radius 1 is 1.21 bits per heavy atom. The number of hydrogen-bond donors (Lipinski definition) is 1. The van der Waals surface area contributed by atoms with E-state index in [1.165, 1.54) is 6.42 Å². The molecule has 0 heterocycles. The molecule has 0 amide bonds. The van der Waals surface area contributed by atoms with Gasteiger partial charge in [-0.2, -0.15) is 0 Å². The fraction of sp³-hybridized carbons (Fsp3) is 0.600. The maximum Gasteiger partial charge on any atom is 0.0465 e. The summed E-state index contributed by atoms with van der Waals surface area (Å²) in [6.45, 7) is 6.25. The van der Waals surface area contributed by atoms with E-state index in [-0.39, 0.29) is 0 Å². The molecule has 2 nitrogen and oxygen atoms in total. The van der Waals surface area contributed by atoms with Crippen LogP contribution in [0, 0.1) is 5.92 Å². The highest BCUT2D eigenvalue weighted by molar-refractivity contribution is 6.35. The van der Waals surface area contributed by atoms with E-state index in [1.807, 2.05) is 12.1 Å². The smallest absolute Gasteiger partial charge is 0.0465 e. The molecule has 19 heavy (non-hydrogen) atoms. The molecule has 0 saturated heterocycles. The van der Waals surface area contributed by atoms with Crippen LogP contribution in [-0.4, -0.2) is 31.6 Å². The zero-order valence-corrected chi connectivity index (χ0v) is 13.7. The van der Waals surface area contributed by atoms with E-state index >= 15 is 0 Å². The molecule has 0 radical (unpaired) electrons. The summed E-state index contributed by atoms with van der Waals surface area (Å²) in [5.74, 6) is 0.702. The fourth-order valence-electron chi connectivity index (χ4n) is 2.06. The van der Waals surface area contributed by atoms with Crippen LogP contribution in [0.5, 0.6) is 0 Å². The molecule has 1 unspecified atom stereocenters. The van der Waals surface area contributed by atoms with Crippen molar-refractivity contribution in [2.24, 2.45) is 5.92 Å². The lowest BCUT2D eigenvalue weighted by molar-refractivity contribution is 0.246. The second-order valence-corrected chi connectivity index (χ2v) is 6.46. The molecule has 1 aromatic carbocycles. The lowest BCUT2D eigenvalue weighted by Gasteiger charge is -2.26. The minimum Gasteiger partial charge on any atom is -0.311 e. The first-order chi connectivity index (χ1) is 8.90. The van der Waals surface area contributed by atoms with Crippen LogP contribution in [0.3, 0.4) is 0 Å². The summed E-state index contributed by atoms with van der Waals surface area (Å²) in [6.07, 6.45) is 1.19. The van der Waals surface area contributed by atoms with Gasteiger partial charge in [0.1, 0.15) is 0 Å².